The van der Waals surface area contributed by atoms with Crippen molar-refractivity contribution in [3.63, 3.8) is 0 Å². The van der Waals surface area contributed by atoms with Gasteiger partial charge in [-0.3, -0.25) is 4.79 Å². The lowest BCUT2D eigenvalue weighted by molar-refractivity contribution is -0.131. The summed E-state index contributed by atoms with van der Waals surface area (Å²) in [5.41, 5.74) is 2.20. The largest absolute Gasteiger partial charge is 0.486 e. The van der Waals surface area contributed by atoms with Gasteiger partial charge < -0.3 is 19.7 Å². The summed E-state index contributed by atoms with van der Waals surface area (Å²) in [6, 6.07) is 10.5. The number of rotatable bonds is 7. The standard InChI is InChI=1S/C25H27F2N3O5S/c1-28-11-21(16-3-2-4-17(9-16)24(26)27)25(31)29-12-18-14-30(15-19(18)13-29)36(32,33)20-5-6-22-23(10-20)35-8-7-34-22/h2-6,9-10,21,24,28H,7-8,11-15H2,1H3. The lowest BCUT2D eigenvalue weighted by Crippen LogP contribution is -2.40. The molecular formula is C25H27F2N3O5S. The lowest BCUT2D eigenvalue weighted by atomic mass is 9.95. The van der Waals surface area contributed by atoms with Gasteiger partial charge in [0.05, 0.1) is 10.8 Å². The van der Waals surface area contributed by atoms with Crippen molar-refractivity contribution in [3.05, 3.63) is 64.7 Å². The minimum atomic E-state index is -3.76. The molecule has 1 amide bonds. The number of sulfonamides is 1. The molecule has 2 aromatic rings. The SMILES string of the molecule is CNCC(C(=O)N1CC2=C(C1)CN(S(=O)(=O)c1ccc3c(c1)OCCO3)C2)c1cccc(C(F)F)c1. The van der Waals surface area contributed by atoms with E-state index in [1.807, 2.05) is 0 Å². The van der Waals surface area contributed by atoms with Crippen molar-refractivity contribution in [1.82, 2.24) is 14.5 Å². The van der Waals surface area contributed by atoms with E-state index in [2.05, 4.69) is 5.32 Å². The highest BCUT2D eigenvalue weighted by molar-refractivity contribution is 7.89. The van der Waals surface area contributed by atoms with Crippen LogP contribution >= 0.6 is 0 Å². The molecule has 0 fully saturated rings. The summed E-state index contributed by atoms with van der Waals surface area (Å²) >= 11 is 0. The van der Waals surface area contributed by atoms with Crippen LogP contribution in [0.3, 0.4) is 0 Å². The molecule has 3 aliphatic heterocycles. The molecule has 0 aromatic heterocycles. The Bertz CT molecular complexity index is 1300. The van der Waals surface area contributed by atoms with Crippen molar-refractivity contribution in [2.24, 2.45) is 0 Å². The number of alkyl halides is 2. The van der Waals surface area contributed by atoms with Gasteiger partial charge in [0, 0.05) is 44.4 Å². The molecule has 3 aliphatic rings. The Morgan fingerprint density at radius 3 is 2.31 bits per heavy atom. The Morgan fingerprint density at radius 2 is 1.64 bits per heavy atom. The minimum Gasteiger partial charge on any atom is -0.486 e. The topological polar surface area (TPSA) is 88.2 Å². The molecule has 36 heavy (non-hydrogen) atoms. The Kier molecular flexibility index (Phi) is 6.71. The third kappa shape index (κ3) is 4.58. The van der Waals surface area contributed by atoms with Crippen LogP contribution in [0.15, 0.2) is 58.5 Å². The number of hydrogen-bond acceptors (Lipinski definition) is 6. The van der Waals surface area contributed by atoms with E-state index < -0.39 is 22.4 Å². The van der Waals surface area contributed by atoms with Crippen molar-refractivity contribution in [1.29, 1.82) is 0 Å². The van der Waals surface area contributed by atoms with Gasteiger partial charge in [0.15, 0.2) is 11.5 Å². The second-order valence-electron chi connectivity index (χ2n) is 9.06. The van der Waals surface area contributed by atoms with E-state index in [4.69, 9.17) is 9.47 Å². The second kappa shape index (κ2) is 9.79. The number of ether oxygens (including phenoxy) is 2. The van der Waals surface area contributed by atoms with E-state index >= 15 is 0 Å². The highest BCUT2D eigenvalue weighted by atomic mass is 32.2. The highest BCUT2D eigenvalue weighted by Crippen LogP contribution is 2.36. The molecule has 0 saturated carbocycles. The van der Waals surface area contributed by atoms with Gasteiger partial charge in [-0.25, -0.2) is 17.2 Å². The van der Waals surface area contributed by atoms with Crippen LogP contribution in [0.4, 0.5) is 8.78 Å². The maximum atomic E-state index is 13.4. The van der Waals surface area contributed by atoms with Crippen LogP contribution in [-0.4, -0.2) is 76.5 Å². The van der Waals surface area contributed by atoms with Crippen LogP contribution in [0, 0.1) is 0 Å². The van der Waals surface area contributed by atoms with Gasteiger partial charge in [0.1, 0.15) is 13.2 Å². The molecule has 8 nitrogen and oxygen atoms in total. The van der Waals surface area contributed by atoms with Crippen molar-refractivity contribution in [2.45, 2.75) is 17.2 Å². The Morgan fingerprint density at radius 1 is 0.972 bits per heavy atom. The summed E-state index contributed by atoms with van der Waals surface area (Å²) in [6.45, 7) is 2.12. The van der Waals surface area contributed by atoms with E-state index in [9.17, 15) is 22.0 Å². The van der Waals surface area contributed by atoms with E-state index in [-0.39, 0.29) is 29.5 Å². The molecule has 5 rings (SSSR count). The summed E-state index contributed by atoms with van der Waals surface area (Å²) < 4.78 is 65.4. The number of nitrogens with zero attached hydrogens (tertiary/aromatic N) is 2. The van der Waals surface area contributed by atoms with E-state index in [0.717, 1.165) is 11.1 Å². The Labute approximate surface area is 208 Å². The molecule has 11 heteroatoms. The van der Waals surface area contributed by atoms with Crippen molar-refractivity contribution in [2.75, 3.05) is 53.0 Å². The number of benzene rings is 2. The molecule has 0 aliphatic carbocycles. The predicted octanol–water partition coefficient (Wildman–Crippen LogP) is 2.54. The molecule has 0 radical (unpaired) electrons. The smallest absolute Gasteiger partial charge is 0.263 e. The zero-order valence-corrected chi connectivity index (χ0v) is 20.6. The number of likely N-dealkylation sites (N-methyl/N-ethyl adjacent to an activating group) is 1. The molecule has 192 valence electrons. The van der Waals surface area contributed by atoms with Crippen LogP contribution < -0.4 is 14.8 Å². The molecule has 1 unspecified atom stereocenters. The van der Waals surface area contributed by atoms with Crippen molar-refractivity contribution in [3.8, 4) is 11.5 Å². The van der Waals surface area contributed by atoms with Crippen LogP contribution in [0.1, 0.15) is 23.5 Å². The quantitative estimate of drug-likeness (QED) is 0.566. The molecule has 0 saturated heterocycles. The van der Waals surface area contributed by atoms with Crippen molar-refractivity contribution < 1.29 is 31.5 Å². The number of fused-ring (bicyclic) bond motifs is 1. The number of hydrogen-bond donors (Lipinski definition) is 1. The van der Waals surface area contributed by atoms with Crippen molar-refractivity contribution >= 4 is 15.9 Å². The molecule has 2 aromatic carbocycles. The van der Waals surface area contributed by atoms with E-state index in [1.165, 1.54) is 34.6 Å². The summed E-state index contributed by atoms with van der Waals surface area (Å²) in [4.78, 5) is 15.2. The number of carbonyl (C=O) groups excluding carboxylic acids is 1. The molecular weight excluding hydrogens is 492 g/mol. The average molecular weight is 520 g/mol. The van der Waals surface area contributed by atoms with Gasteiger partial charge in [-0.05, 0) is 42.0 Å². The summed E-state index contributed by atoms with van der Waals surface area (Å²) in [5.74, 6) is 0.134. The number of amides is 1. The normalized spacial score (nSPS) is 18.6. The van der Waals surface area contributed by atoms with Crippen LogP contribution in [0.2, 0.25) is 0 Å². The highest BCUT2D eigenvalue weighted by Gasteiger charge is 2.39. The van der Waals surface area contributed by atoms with Gasteiger partial charge in [0.2, 0.25) is 15.9 Å². The second-order valence-corrected chi connectivity index (χ2v) is 11.0. The Balaban J connectivity index is 1.27. The molecule has 0 bridgehead atoms. The van der Waals surface area contributed by atoms with Gasteiger partial charge in [-0.2, -0.15) is 4.31 Å². The first kappa shape index (κ1) is 24.7. The fraction of sp³-hybridized carbons (Fsp3) is 0.400. The van der Waals surface area contributed by atoms with Gasteiger partial charge in [-0.15, -0.1) is 0 Å². The van der Waals surface area contributed by atoms with Crippen LogP contribution in [-0.2, 0) is 14.8 Å². The zero-order valence-electron chi connectivity index (χ0n) is 19.7. The monoisotopic (exact) mass is 519 g/mol. The molecule has 3 heterocycles. The maximum absolute atomic E-state index is 13.4. The maximum Gasteiger partial charge on any atom is 0.263 e. The fourth-order valence-corrected chi connectivity index (χ4v) is 6.33. The van der Waals surface area contributed by atoms with Crippen LogP contribution in [0.5, 0.6) is 11.5 Å². The Hall–Kier alpha value is -3.02. The van der Waals surface area contributed by atoms with Gasteiger partial charge >= 0.3 is 0 Å². The van der Waals surface area contributed by atoms with Crippen LogP contribution in [0.25, 0.3) is 0 Å². The number of halogens is 2. The molecule has 1 atom stereocenters. The zero-order chi connectivity index (χ0) is 25.4. The third-order valence-electron chi connectivity index (χ3n) is 6.73. The number of nitrogens with one attached hydrogen (secondary N) is 1. The average Bonchev–Trinajstić information content (AvgIpc) is 3.47. The lowest BCUT2D eigenvalue weighted by Gasteiger charge is -2.27. The third-order valence-corrected chi connectivity index (χ3v) is 8.52. The summed E-state index contributed by atoms with van der Waals surface area (Å²) in [7, 11) is -2.05. The van der Waals surface area contributed by atoms with E-state index in [0.29, 0.717) is 49.9 Å². The van der Waals surface area contributed by atoms with Gasteiger partial charge in [-0.1, -0.05) is 18.2 Å². The first-order chi connectivity index (χ1) is 17.3. The predicted molar refractivity (Wildman–Crippen MR) is 128 cm³/mol. The molecule has 1 N–H and O–H groups in total. The minimum absolute atomic E-state index is 0.122. The van der Waals surface area contributed by atoms with E-state index in [1.54, 1.807) is 24.1 Å². The number of carbonyl (C=O) groups is 1. The fourth-order valence-electron chi connectivity index (χ4n) is 4.89. The summed E-state index contributed by atoms with van der Waals surface area (Å²) in [6.07, 6.45) is -2.62. The first-order valence-corrected chi connectivity index (χ1v) is 13.1. The first-order valence-electron chi connectivity index (χ1n) is 11.7. The summed E-state index contributed by atoms with van der Waals surface area (Å²) in [5, 5.41) is 2.98. The van der Waals surface area contributed by atoms with Gasteiger partial charge in [0.25, 0.3) is 6.43 Å². The molecule has 0 spiro atoms.